The van der Waals surface area contributed by atoms with E-state index < -0.39 is 0 Å². The van der Waals surface area contributed by atoms with Crippen molar-refractivity contribution in [3.05, 3.63) is 64.5 Å². The maximum Gasteiger partial charge on any atom is 0.143 e. The van der Waals surface area contributed by atoms with Crippen LogP contribution in [0.1, 0.15) is 11.3 Å². The van der Waals surface area contributed by atoms with Gasteiger partial charge in [-0.2, -0.15) is 11.3 Å². The lowest BCUT2D eigenvalue weighted by Crippen LogP contribution is -2.07. The fourth-order valence-corrected chi connectivity index (χ4v) is 2.76. The number of pyridine rings is 1. The zero-order valence-corrected chi connectivity index (χ0v) is 11.2. The number of thiophene rings is 1. The van der Waals surface area contributed by atoms with Crippen LogP contribution >= 0.6 is 11.3 Å². The molecule has 0 N–H and O–H groups in total. The second-order valence-electron chi connectivity index (χ2n) is 4.52. The van der Waals surface area contributed by atoms with Gasteiger partial charge in [-0.1, -0.05) is 24.3 Å². The maximum absolute atomic E-state index is 12.0. The summed E-state index contributed by atoms with van der Waals surface area (Å²) >= 11 is 1.62. The summed E-state index contributed by atoms with van der Waals surface area (Å²) in [6.45, 7) is 0. The SMILES string of the molecule is O=C(Cc1ccsc1)Cc1ccc2ccccc2n1. The zero-order chi connectivity index (χ0) is 13.1. The number of carbonyl (C=O) groups excluding carboxylic acids is 1. The van der Waals surface area contributed by atoms with Crippen molar-refractivity contribution < 1.29 is 4.79 Å². The van der Waals surface area contributed by atoms with Gasteiger partial charge in [0.05, 0.1) is 5.52 Å². The first-order chi connectivity index (χ1) is 9.31. The van der Waals surface area contributed by atoms with Gasteiger partial charge in [-0.25, -0.2) is 0 Å². The monoisotopic (exact) mass is 267 g/mol. The number of rotatable bonds is 4. The van der Waals surface area contributed by atoms with E-state index in [1.807, 2.05) is 53.2 Å². The van der Waals surface area contributed by atoms with Crippen LogP contribution in [-0.4, -0.2) is 10.8 Å². The Labute approximate surface area is 115 Å². The van der Waals surface area contributed by atoms with Gasteiger partial charge in [-0.3, -0.25) is 9.78 Å². The number of para-hydroxylation sites is 1. The molecule has 2 heterocycles. The van der Waals surface area contributed by atoms with Crippen LogP contribution in [0.3, 0.4) is 0 Å². The lowest BCUT2D eigenvalue weighted by molar-refractivity contribution is -0.117. The van der Waals surface area contributed by atoms with Crippen LogP contribution in [-0.2, 0) is 17.6 Å². The third-order valence-corrected chi connectivity index (χ3v) is 3.75. The molecule has 0 bridgehead atoms. The van der Waals surface area contributed by atoms with Crippen LogP contribution in [0.25, 0.3) is 10.9 Å². The molecular formula is C16H13NOS. The first-order valence-corrected chi connectivity index (χ1v) is 7.13. The number of aromatic nitrogens is 1. The molecule has 0 spiro atoms. The second-order valence-corrected chi connectivity index (χ2v) is 5.30. The summed E-state index contributed by atoms with van der Waals surface area (Å²) in [6.07, 6.45) is 0.901. The van der Waals surface area contributed by atoms with Gasteiger partial charge < -0.3 is 0 Å². The van der Waals surface area contributed by atoms with Gasteiger partial charge in [-0.15, -0.1) is 0 Å². The van der Waals surface area contributed by atoms with E-state index in [4.69, 9.17) is 0 Å². The average Bonchev–Trinajstić information content (AvgIpc) is 2.91. The molecule has 0 saturated carbocycles. The first kappa shape index (κ1) is 12.1. The Morgan fingerprint density at radius 1 is 1.05 bits per heavy atom. The van der Waals surface area contributed by atoms with Gasteiger partial charge in [0.2, 0.25) is 0 Å². The van der Waals surface area contributed by atoms with E-state index in [1.165, 1.54) is 0 Å². The number of Topliss-reactive ketones (excluding diaryl/α,β-unsaturated/α-hetero) is 1. The van der Waals surface area contributed by atoms with E-state index in [0.717, 1.165) is 22.2 Å². The van der Waals surface area contributed by atoms with Crippen molar-refractivity contribution in [1.29, 1.82) is 0 Å². The van der Waals surface area contributed by atoms with Gasteiger partial charge in [0.25, 0.3) is 0 Å². The topological polar surface area (TPSA) is 30.0 Å². The lowest BCUT2D eigenvalue weighted by atomic mass is 10.1. The summed E-state index contributed by atoms with van der Waals surface area (Å²) in [7, 11) is 0. The molecule has 0 aliphatic heterocycles. The predicted octanol–water partition coefficient (Wildman–Crippen LogP) is 3.65. The maximum atomic E-state index is 12.0. The molecule has 3 aromatic rings. The van der Waals surface area contributed by atoms with E-state index in [9.17, 15) is 4.79 Å². The van der Waals surface area contributed by atoms with Crippen molar-refractivity contribution in [2.75, 3.05) is 0 Å². The average molecular weight is 267 g/mol. The fourth-order valence-electron chi connectivity index (χ4n) is 2.09. The van der Waals surface area contributed by atoms with Crippen molar-refractivity contribution in [1.82, 2.24) is 4.98 Å². The van der Waals surface area contributed by atoms with Crippen molar-refractivity contribution in [3.8, 4) is 0 Å². The Kier molecular flexibility index (Phi) is 3.38. The Morgan fingerprint density at radius 3 is 2.79 bits per heavy atom. The lowest BCUT2D eigenvalue weighted by Gasteiger charge is -2.02. The highest BCUT2D eigenvalue weighted by Crippen LogP contribution is 2.13. The predicted molar refractivity (Wildman–Crippen MR) is 78.5 cm³/mol. The minimum absolute atomic E-state index is 0.209. The summed E-state index contributed by atoms with van der Waals surface area (Å²) in [5.41, 5.74) is 2.89. The number of fused-ring (bicyclic) bond motifs is 1. The van der Waals surface area contributed by atoms with Crippen molar-refractivity contribution in [3.63, 3.8) is 0 Å². The number of hydrogen-bond acceptors (Lipinski definition) is 3. The molecule has 0 saturated heterocycles. The molecule has 0 aliphatic rings. The van der Waals surface area contributed by atoms with Crippen LogP contribution in [0.15, 0.2) is 53.2 Å². The third-order valence-electron chi connectivity index (χ3n) is 3.02. The summed E-state index contributed by atoms with van der Waals surface area (Å²) in [4.78, 5) is 16.5. The molecule has 0 aliphatic carbocycles. The molecule has 0 unspecified atom stereocenters. The summed E-state index contributed by atoms with van der Waals surface area (Å²) in [5.74, 6) is 0.209. The number of carbonyl (C=O) groups is 1. The van der Waals surface area contributed by atoms with E-state index in [-0.39, 0.29) is 5.78 Å². The van der Waals surface area contributed by atoms with Crippen molar-refractivity contribution >= 4 is 28.0 Å². The van der Waals surface area contributed by atoms with Crippen molar-refractivity contribution in [2.45, 2.75) is 12.8 Å². The second kappa shape index (κ2) is 5.33. The number of hydrogen-bond donors (Lipinski definition) is 0. The molecule has 19 heavy (non-hydrogen) atoms. The highest BCUT2D eigenvalue weighted by molar-refractivity contribution is 7.08. The molecular weight excluding hydrogens is 254 g/mol. The molecule has 0 fully saturated rings. The molecule has 2 aromatic heterocycles. The van der Waals surface area contributed by atoms with Crippen LogP contribution in [0, 0.1) is 0 Å². The summed E-state index contributed by atoms with van der Waals surface area (Å²) in [5, 5.41) is 5.12. The number of nitrogens with zero attached hydrogens (tertiary/aromatic N) is 1. The van der Waals surface area contributed by atoms with E-state index in [2.05, 4.69) is 4.98 Å². The Bertz CT molecular complexity index is 704. The van der Waals surface area contributed by atoms with Gasteiger partial charge in [0.15, 0.2) is 0 Å². The standard InChI is InChI=1S/C16H13NOS/c18-15(9-12-7-8-19-11-12)10-14-6-5-13-3-1-2-4-16(13)17-14/h1-8,11H,9-10H2. The molecule has 0 amide bonds. The highest BCUT2D eigenvalue weighted by atomic mass is 32.1. The van der Waals surface area contributed by atoms with Crippen LogP contribution in [0.4, 0.5) is 0 Å². The smallest absolute Gasteiger partial charge is 0.143 e. The summed E-state index contributed by atoms with van der Waals surface area (Å²) in [6, 6.07) is 13.9. The quantitative estimate of drug-likeness (QED) is 0.722. The largest absolute Gasteiger partial charge is 0.299 e. The zero-order valence-electron chi connectivity index (χ0n) is 10.4. The number of ketones is 1. The Balaban J connectivity index is 1.75. The Hall–Kier alpha value is -2.00. The minimum atomic E-state index is 0.209. The van der Waals surface area contributed by atoms with Crippen LogP contribution in [0.2, 0.25) is 0 Å². The molecule has 3 heteroatoms. The van der Waals surface area contributed by atoms with Crippen LogP contribution in [0.5, 0.6) is 0 Å². The normalized spacial score (nSPS) is 10.7. The molecule has 1 aromatic carbocycles. The molecule has 3 rings (SSSR count). The molecule has 94 valence electrons. The Morgan fingerprint density at radius 2 is 1.95 bits per heavy atom. The summed E-state index contributed by atoms with van der Waals surface area (Å²) < 4.78 is 0. The fraction of sp³-hybridized carbons (Fsp3) is 0.125. The van der Waals surface area contributed by atoms with Gasteiger partial charge >= 0.3 is 0 Å². The van der Waals surface area contributed by atoms with Gasteiger partial charge in [0, 0.05) is 23.9 Å². The van der Waals surface area contributed by atoms with E-state index >= 15 is 0 Å². The molecule has 2 nitrogen and oxygen atoms in total. The highest BCUT2D eigenvalue weighted by Gasteiger charge is 2.07. The molecule has 0 radical (unpaired) electrons. The van der Waals surface area contributed by atoms with Gasteiger partial charge in [-0.05, 0) is 34.5 Å². The molecule has 0 atom stereocenters. The third kappa shape index (κ3) is 2.88. The van der Waals surface area contributed by atoms with E-state index in [1.54, 1.807) is 11.3 Å². The van der Waals surface area contributed by atoms with Gasteiger partial charge in [0.1, 0.15) is 5.78 Å². The minimum Gasteiger partial charge on any atom is -0.299 e. The number of benzene rings is 1. The van der Waals surface area contributed by atoms with E-state index in [0.29, 0.717) is 12.8 Å². The van der Waals surface area contributed by atoms with Crippen molar-refractivity contribution in [2.24, 2.45) is 0 Å². The first-order valence-electron chi connectivity index (χ1n) is 6.19. The van der Waals surface area contributed by atoms with Crippen LogP contribution < -0.4 is 0 Å².